The summed E-state index contributed by atoms with van der Waals surface area (Å²) in [5.74, 6) is -0.635. The van der Waals surface area contributed by atoms with Crippen LogP contribution >= 0.6 is 11.6 Å². The molecule has 2 amide bonds. The van der Waals surface area contributed by atoms with E-state index in [0.29, 0.717) is 28.5 Å². The van der Waals surface area contributed by atoms with Gasteiger partial charge >= 0.3 is 0 Å². The zero-order valence-electron chi connectivity index (χ0n) is 13.9. The molecule has 1 aromatic heterocycles. The van der Waals surface area contributed by atoms with Crippen molar-refractivity contribution in [2.75, 3.05) is 11.9 Å². The fraction of sp³-hybridized carbons (Fsp3) is 0.111. The van der Waals surface area contributed by atoms with Crippen LogP contribution in [0, 0.1) is 0 Å². The third-order valence-electron chi connectivity index (χ3n) is 3.55. The van der Waals surface area contributed by atoms with Crippen LogP contribution in [0.15, 0.2) is 54.7 Å². The molecular formula is C18H16ClN5O2. The van der Waals surface area contributed by atoms with Crippen molar-refractivity contribution >= 4 is 29.1 Å². The smallest absolute Gasteiger partial charge is 0.277 e. The Morgan fingerprint density at radius 2 is 1.92 bits per heavy atom. The summed E-state index contributed by atoms with van der Waals surface area (Å²) >= 11 is 6.12. The van der Waals surface area contributed by atoms with Crippen LogP contribution in [0.3, 0.4) is 0 Å². The maximum atomic E-state index is 12.4. The van der Waals surface area contributed by atoms with Crippen molar-refractivity contribution in [3.8, 4) is 5.69 Å². The largest absolute Gasteiger partial charge is 0.352 e. The number of aromatic nitrogens is 3. The SMILES string of the molecule is CCNC(=O)c1cccc(NC(=O)c2cn(-c3ccccc3Cl)nn2)c1. The molecule has 26 heavy (non-hydrogen) atoms. The van der Waals surface area contributed by atoms with Crippen LogP contribution in [0.4, 0.5) is 5.69 Å². The number of halogens is 1. The highest BCUT2D eigenvalue weighted by Crippen LogP contribution is 2.19. The highest BCUT2D eigenvalue weighted by molar-refractivity contribution is 6.32. The monoisotopic (exact) mass is 369 g/mol. The van der Waals surface area contributed by atoms with Crippen LogP contribution in [0.1, 0.15) is 27.8 Å². The van der Waals surface area contributed by atoms with E-state index in [1.54, 1.807) is 42.5 Å². The highest BCUT2D eigenvalue weighted by atomic mass is 35.5. The van der Waals surface area contributed by atoms with Gasteiger partial charge in [-0.3, -0.25) is 9.59 Å². The van der Waals surface area contributed by atoms with Gasteiger partial charge in [0.25, 0.3) is 11.8 Å². The molecule has 0 aliphatic carbocycles. The number of hydrogen-bond acceptors (Lipinski definition) is 4. The molecule has 1 heterocycles. The average Bonchev–Trinajstić information content (AvgIpc) is 3.12. The maximum absolute atomic E-state index is 12.4. The number of carbonyl (C=O) groups excluding carboxylic acids is 2. The molecule has 0 unspecified atom stereocenters. The number of carbonyl (C=O) groups is 2. The number of anilines is 1. The van der Waals surface area contributed by atoms with Crippen LogP contribution in [0.25, 0.3) is 5.69 Å². The predicted molar refractivity (Wildman–Crippen MR) is 98.8 cm³/mol. The van der Waals surface area contributed by atoms with Gasteiger partial charge in [0, 0.05) is 17.8 Å². The van der Waals surface area contributed by atoms with Gasteiger partial charge in [-0.15, -0.1) is 5.10 Å². The van der Waals surface area contributed by atoms with Gasteiger partial charge in [-0.05, 0) is 37.3 Å². The Kier molecular flexibility index (Phi) is 5.28. The number of benzene rings is 2. The molecule has 0 fully saturated rings. The summed E-state index contributed by atoms with van der Waals surface area (Å²) in [5, 5.41) is 13.7. The second-order valence-corrected chi connectivity index (χ2v) is 5.80. The molecule has 0 aliphatic heterocycles. The first-order valence-electron chi connectivity index (χ1n) is 7.95. The van der Waals surface area contributed by atoms with Crippen LogP contribution in [0.5, 0.6) is 0 Å². The lowest BCUT2D eigenvalue weighted by molar-refractivity contribution is 0.0954. The van der Waals surface area contributed by atoms with Gasteiger partial charge in [0.2, 0.25) is 0 Å². The third kappa shape index (κ3) is 3.89. The van der Waals surface area contributed by atoms with E-state index < -0.39 is 5.91 Å². The van der Waals surface area contributed by atoms with Crippen molar-refractivity contribution in [1.82, 2.24) is 20.3 Å². The summed E-state index contributed by atoms with van der Waals surface area (Å²) < 4.78 is 1.43. The number of nitrogens with zero attached hydrogens (tertiary/aromatic N) is 3. The van der Waals surface area contributed by atoms with E-state index >= 15 is 0 Å². The van der Waals surface area contributed by atoms with Gasteiger partial charge in [0.15, 0.2) is 5.69 Å². The number of hydrogen-bond donors (Lipinski definition) is 2. The second-order valence-electron chi connectivity index (χ2n) is 5.39. The van der Waals surface area contributed by atoms with Crippen molar-refractivity contribution in [2.45, 2.75) is 6.92 Å². The summed E-state index contributed by atoms with van der Waals surface area (Å²) in [5.41, 5.74) is 1.71. The molecule has 7 nitrogen and oxygen atoms in total. The Balaban J connectivity index is 1.76. The number of para-hydroxylation sites is 1. The minimum atomic E-state index is -0.434. The Bertz CT molecular complexity index is 954. The fourth-order valence-corrected chi connectivity index (χ4v) is 2.54. The van der Waals surface area contributed by atoms with Crippen molar-refractivity contribution in [1.29, 1.82) is 0 Å². The third-order valence-corrected chi connectivity index (χ3v) is 3.86. The van der Waals surface area contributed by atoms with Gasteiger partial charge in [-0.1, -0.05) is 35.0 Å². The molecule has 2 aromatic carbocycles. The van der Waals surface area contributed by atoms with E-state index in [2.05, 4.69) is 20.9 Å². The lowest BCUT2D eigenvalue weighted by Crippen LogP contribution is -2.22. The van der Waals surface area contributed by atoms with Crippen molar-refractivity contribution in [2.24, 2.45) is 0 Å². The molecule has 3 rings (SSSR count). The summed E-state index contributed by atoms with van der Waals surface area (Å²) in [4.78, 5) is 24.3. The first-order chi connectivity index (χ1) is 12.6. The Morgan fingerprint density at radius 3 is 2.69 bits per heavy atom. The van der Waals surface area contributed by atoms with E-state index in [9.17, 15) is 9.59 Å². The van der Waals surface area contributed by atoms with Crippen LogP contribution in [0.2, 0.25) is 5.02 Å². The lowest BCUT2D eigenvalue weighted by Gasteiger charge is -2.06. The molecule has 3 aromatic rings. The summed E-state index contributed by atoms with van der Waals surface area (Å²) in [6.45, 7) is 2.37. The van der Waals surface area contributed by atoms with Gasteiger partial charge in [-0.25, -0.2) is 4.68 Å². The second kappa shape index (κ2) is 7.79. The van der Waals surface area contributed by atoms with E-state index in [-0.39, 0.29) is 11.6 Å². The van der Waals surface area contributed by atoms with Gasteiger partial charge < -0.3 is 10.6 Å². The molecule has 0 saturated heterocycles. The normalized spacial score (nSPS) is 10.4. The highest BCUT2D eigenvalue weighted by Gasteiger charge is 2.14. The summed E-state index contributed by atoms with van der Waals surface area (Å²) in [6.07, 6.45) is 1.49. The zero-order chi connectivity index (χ0) is 18.5. The Morgan fingerprint density at radius 1 is 1.12 bits per heavy atom. The zero-order valence-corrected chi connectivity index (χ0v) is 14.7. The number of nitrogens with one attached hydrogen (secondary N) is 2. The molecule has 0 spiro atoms. The molecular weight excluding hydrogens is 354 g/mol. The molecule has 132 valence electrons. The van der Waals surface area contributed by atoms with Crippen molar-refractivity contribution < 1.29 is 9.59 Å². The van der Waals surface area contributed by atoms with E-state index in [1.807, 2.05) is 13.0 Å². The fourth-order valence-electron chi connectivity index (χ4n) is 2.32. The molecule has 0 bridgehead atoms. The number of rotatable bonds is 5. The summed E-state index contributed by atoms with van der Waals surface area (Å²) in [6, 6.07) is 13.8. The van der Waals surface area contributed by atoms with E-state index in [1.165, 1.54) is 10.9 Å². The van der Waals surface area contributed by atoms with E-state index in [4.69, 9.17) is 11.6 Å². The standard InChI is InChI=1S/C18H16ClN5O2/c1-2-20-17(25)12-6-5-7-13(10-12)21-18(26)15-11-24(23-22-15)16-9-4-3-8-14(16)19/h3-11H,2H2,1H3,(H,20,25)(H,21,26). The molecule has 0 aliphatic rings. The van der Waals surface area contributed by atoms with Gasteiger partial charge in [0.05, 0.1) is 16.9 Å². The van der Waals surface area contributed by atoms with Crippen LogP contribution in [-0.2, 0) is 0 Å². The lowest BCUT2D eigenvalue weighted by atomic mass is 10.2. The molecule has 0 radical (unpaired) electrons. The molecule has 0 atom stereocenters. The first kappa shape index (κ1) is 17.6. The Labute approximate surface area is 155 Å². The topological polar surface area (TPSA) is 88.9 Å². The molecule has 2 N–H and O–H groups in total. The van der Waals surface area contributed by atoms with Crippen LogP contribution in [-0.4, -0.2) is 33.4 Å². The van der Waals surface area contributed by atoms with Crippen molar-refractivity contribution in [3.63, 3.8) is 0 Å². The average molecular weight is 370 g/mol. The maximum Gasteiger partial charge on any atom is 0.277 e. The predicted octanol–water partition coefficient (Wildman–Crippen LogP) is 2.92. The van der Waals surface area contributed by atoms with E-state index in [0.717, 1.165) is 0 Å². The Hall–Kier alpha value is -3.19. The molecule has 0 saturated carbocycles. The van der Waals surface area contributed by atoms with Gasteiger partial charge in [0.1, 0.15) is 0 Å². The molecule has 8 heteroatoms. The van der Waals surface area contributed by atoms with Crippen molar-refractivity contribution in [3.05, 3.63) is 71.0 Å². The minimum absolute atomic E-state index is 0.133. The number of amides is 2. The minimum Gasteiger partial charge on any atom is -0.352 e. The summed E-state index contributed by atoms with van der Waals surface area (Å²) in [7, 11) is 0. The first-order valence-corrected chi connectivity index (χ1v) is 8.33. The quantitative estimate of drug-likeness (QED) is 0.723. The van der Waals surface area contributed by atoms with Gasteiger partial charge in [-0.2, -0.15) is 0 Å². The van der Waals surface area contributed by atoms with Crippen LogP contribution < -0.4 is 10.6 Å².